The van der Waals surface area contributed by atoms with Crippen LogP contribution in [0.3, 0.4) is 0 Å². The standard InChI is InChI=1S/C27H25ClFN5O5S/c1-15(25(35)30-2)13-34-14-32-22-7-3-16(9-20(22)27(34)36)17-10-23(26(31-12-17)39-19-5-6-19)33-40(37,38)24-8-4-18(29)11-21(24)28/h3-4,7-12,14-15,19,33H,5-6,13H2,1-2H3,(H,30,35)/t15-/m0/s1. The number of ether oxygens (including phenoxy) is 1. The van der Waals surface area contributed by atoms with Gasteiger partial charge in [0.05, 0.1) is 28.2 Å². The number of sulfonamides is 1. The van der Waals surface area contributed by atoms with Crippen molar-refractivity contribution in [3.63, 3.8) is 0 Å². The highest BCUT2D eigenvalue weighted by atomic mass is 35.5. The molecule has 0 saturated heterocycles. The number of hydrogen-bond acceptors (Lipinski definition) is 7. The molecule has 10 nitrogen and oxygen atoms in total. The predicted molar refractivity (Wildman–Crippen MR) is 148 cm³/mol. The van der Waals surface area contributed by atoms with E-state index in [9.17, 15) is 22.4 Å². The minimum Gasteiger partial charge on any atom is -0.473 e. The van der Waals surface area contributed by atoms with Gasteiger partial charge in [0.15, 0.2) is 0 Å². The van der Waals surface area contributed by atoms with Crippen molar-refractivity contribution in [3.8, 4) is 17.0 Å². The third-order valence-electron chi connectivity index (χ3n) is 6.40. The minimum atomic E-state index is -4.23. The number of amides is 1. The smallest absolute Gasteiger partial charge is 0.263 e. The van der Waals surface area contributed by atoms with Gasteiger partial charge in [0, 0.05) is 25.4 Å². The fraction of sp³-hybridized carbons (Fsp3) is 0.259. The molecular weight excluding hydrogens is 561 g/mol. The average molecular weight is 586 g/mol. The number of pyridine rings is 1. The van der Waals surface area contributed by atoms with E-state index >= 15 is 0 Å². The first-order valence-corrected chi connectivity index (χ1v) is 14.3. The molecule has 40 heavy (non-hydrogen) atoms. The van der Waals surface area contributed by atoms with Gasteiger partial charge in [-0.2, -0.15) is 0 Å². The van der Waals surface area contributed by atoms with Gasteiger partial charge >= 0.3 is 0 Å². The maximum atomic E-state index is 13.5. The lowest BCUT2D eigenvalue weighted by molar-refractivity contribution is -0.124. The summed E-state index contributed by atoms with van der Waals surface area (Å²) in [7, 11) is -2.70. The monoisotopic (exact) mass is 585 g/mol. The van der Waals surface area contributed by atoms with Gasteiger partial charge in [-0.05, 0) is 54.8 Å². The van der Waals surface area contributed by atoms with Crippen LogP contribution < -0.4 is 20.3 Å². The second-order valence-corrected chi connectivity index (χ2v) is 11.6. The molecule has 1 atom stereocenters. The Hall–Kier alpha value is -4.03. The number of anilines is 1. The van der Waals surface area contributed by atoms with Crippen LogP contribution in [0.1, 0.15) is 19.8 Å². The van der Waals surface area contributed by atoms with Crippen molar-refractivity contribution in [2.45, 2.75) is 37.3 Å². The largest absolute Gasteiger partial charge is 0.473 e. The first kappa shape index (κ1) is 27.5. The third-order valence-corrected chi connectivity index (χ3v) is 8.25. The molecule has 0 unspecified atom stereocenters. The van der Waals surface area contributed by atoms with Crippen LogP contribution in [0.5, 0.6) is 5.88 Å². The van der Waals surface area contributed by atoms with Crippen LogP contribution >= 0.6 is 11.6 Å². The van der Waals surface area contributed by atoms with Crippen LogP contribution in [0.15, 0.2) is 64.7 Å². The van der Waals surface area contributed by atoms with E-state index in [2.05, 4.69) is 20.0 Å². The summed E-state index contributed by atoms with van der Waals surface area (Å²) in [5.74, 6) is -1.23. The number of rotatable bonds is 9. The summed E-state index contributed by atoms with van der Waals surface area (Å²) >= 11 is 6.02. The Morgan fingerprint density at radius 2 is 1.95 bits per heavy atom. The predicted octanol–water partition coefficient (Wildman–Crippen LogP) is 3.98. The number of fused-ring (bicyclic) bond motifs is 1. The number of carbonyl (C=O) groups is 1. The highest BCUT2D eigenvalue weighted by Gasteiger charge is 2.27. The van der Waals surface area contributed by atoms with Crippen molar-refractivity contribution in [1.82, 2.24) is 19.9 Å². The molecule has 5 rings (SSSR count). The fourth-order valence-electron chi connectivity index (χ4n) is 4.11. The molecule has 4 aromatic rings. The Bertz CT molecular complexity index is 1790. The van der Waals surface area contributed by atoms with Crippen molar-refractivity contribution in [2.24, 2.45) is 5.92 Å². The molecule has 1 saturated carbocycles. The zero-order valence-corrected chi connectivity index (χ0v) is 23.1. The maximum Gasteiger partial charge on any atom is 0.263 e. The molecular formula is C27H25ClFN5O5S. The van der Waals surface area contributed by atoms with Crippen LogP contribution in [0, 0.1) is 11.7 Å². The third kappa shape index (κ3) is 5.77. The molecule has 2 aromatic heterocycles. The van der Waals surface area contributed by atoms with Crippen molar-refractivity contribution in [3.05, 3.63) is 76.2 Å². The van der Waals surface area contributed by atoms with E-state index in [0.717, 1.165) is 31.0 Å². The summed E-state index contributed by atoms with van der Waals surface area (Å²) in [6.45, 7) is 1.86. The molecule has 13 heteroatoms. The maximum absolute atomic E-state index is 13.5. The molecule has 2 aromatic carbocycles. The lowest BCUT2D eigenvalue weighted by atomic mass is 10.0. The van der Waals surface area contributed by atoms with Gasteiger partial charge in [-0.25, -0.2) is 22.8 Å². The lowest BCUT2D eigenvalue weighted by Crippen LogP contribution is -2.32. The normalized spacial score (nSPS) is 14.1. The van der Waals surface area contributed by atoms with Crippen molar-refractivity contribution >= 4 is 44.1 Å². The van der Waals surface area contributed by atoms with Crippen LogP contribution in [0.25, 0.3) is 22.0 Å². The number of nitrogens with zero attached hydrogens (tertiary/aromatic N) is 3. The molecule has 1 fully saturated rings. The summed E-state index contributed by atoms with van der Waals surface area (Å²) < 4.78 is 49.5. The minimum absolute atomic E-state index is 0.0629. The SMILES string of the molecule is CNC(=O)[C@@H](C)Cn1cnc2ccc(-c3cnc(OC4CC4)c(NS(=O)(=O)c4ccc(F)cc4Cl)c3)cc2c1=O. The van der Waals surface area contributed by atoms with E-state index in [-0.39, 0.29) is 45.6 Å². The van der Waals surface area contributed by atoms with Crippen molar-refractivity contribution < 1.29 is 22.3 Å². The molecule has 2 N–H and O–H groups in total. The molecule has 0 aliphatic heterocycles. The van der Waals surface area contributed by atoms with E-state index in [1.807, 2.05) is 0 Å². The van der Waals surface area contributed by atoms with Gasteiger partial charge in [0.25, 0.3) is 15.6 Å². The van der Waals surface area contributed by atoms with Crippen molar-refractivity contribution in [2.75, 3.05) is 11.8 Å². The second-order valence-electron chi connectivity index (χ2n) is 9.52. The van der Waals surface area contributed by atoms with Crippen LogP contribution in [0.2, 0.25) is 5.02 Å². The first-order valence-electron chi connectivity index (χ1n) is 12.4. The second kappa shape index (κ2) is 10.9. The zero-order chi connectivity index (χ0) is 28.6. The number of hydrogen-bond donors (Lipinski definition) is 2. The Balaban J connectivity index is 1.53. The molecule has 1 amide bonds. The van der Waals surface area contributed by atoms with E-state index in [0.29, 0.717) is 22.0 Å². The fourth-order valence-corrected chi connectivity index (χ4v) is 5.69. The van der Waals surface area contributed by atoms with Gasteiger partial charge in [-0.15, -0.1) is 0 Å². The first-order chi connectivity index (χ1) is 19.1. The van der Waals surface area contributed by atoms with E-state index in [1.165, 1.54) is 24.1 Å². The number of halogens is 2. The number of nitrogens with one attached hydrogen (secondary N) is 2. The van der Waals surface area contributed by atoms with E-state index < -0.39 is 21.8 Å². The van der Waals surface area contributed by atoms with Gasteiger partial charge in [-0.1, -0.05) is 24.6 Å². The van der Waals surface area contributed by atoms with Crippen molar-refractivity contribution in [1.29, 1.82) is 0 Å². The van der Waals surface area contributed by atoms with E-state index in [1.54, 1.807) is 31.2 Å². The molecule has 208 valence electrons. The Morgan fingerprint density at radius 1 is 1.18 bits per heavy atom. The topological polar surface area (TPSA) is 132 Å². The van der Waals surface area contributed by atoms with Gasteiger partial charge in [-0.3, -0.25) is 18.9 Å². The number of aromatic nitrogens is 3. The summed E-state index contributed by atoms with van der Waals surface area (Å²) in [6, 6.07) is 9.59. The molecule has 1 aliphatic carbocycles. The molecule has 2 heterocycles. The molecule has 0 bridgehead atoms. The molecule has 0 radical (unpaired) electrons. The van der Waals surface area contributed by atoms with E-state index in [4.69, 9.17) is 16.3 Å². The lowest BCUT2D eigenvalue weighted by Gasteiger charge is -2.15. The quantitative estimate of drug-likeness (QED) is 0.304. The number of benzene rings is 2. The zero-order valence-electron chi connectivity index (χ0n) is 21.5. The van der Waals surface area contributed by atoms with Crippen LogP contribution in [-0.4, -0.2) is 42.0 Å². The van der Waals surface area contributed by atoms with Crippen LogP contribution in [0.4, 0.5) is 10.1 Å². The summed E-state index contributed by atoms with van der Waals surface area (Å²) in [6.07, 6.45) is 4.50. The Kier molecular flexibility index (Phi) is 7.47. The molecule has 1 aliphatic rings. The van der Waals surface area contributed by atoms with Crippen LogP contribution in [-0.2, 0) is 21.4 Å². The van der Waals surface area contributed by atoms with Gasteiger partial charge in [0.2, 0.25) is 11.8 Å². The average Bonchev–Trinajstić information content (AvgIpc) is 3.74. The highest BCUT2D eigenvalue weighted by molar-refractivity contribution is 7.92. The molecule has 0 spiro atoms. The summed E-state index contributed by atoms with van der Waals surface area (Å²) in [5.41, 5.74) is 1.28. The Labute approximate surface area is 234 Å². The highest BCUT2D eigenvalue weighted by Crippen LogP contribution is 2.35. The van der Waals surface area contributed by atoms with Gasteiger partial charge < -0.3 is 10.1 Å². The summed E-state index contributed by atoms with van der Waals surface area (Å²) in [4.78, 5) is 33.6. The number of carbonyl (C=O) groups excluding carboxylic acids is 1. The Morgan fingerprint density at radius 3 is 2.65 bits per heavy atom. The summed E-state index contributed by atoms with van der Waals surface area (Å²) in [5, 5.41) is 2.61. The van der Waals surface area contributed by atoms with Gasteiger partial charge in [0.1, 0.15) is 22.5 Å².